The van der Waals surface area contributed by atoms with E-state index in [0.29, 0.717) is 13.1 Å². The van der Waals surface area contributed by atoms with Crippen LogP contribution in [0.4, 0.5) is 4.79 Å². The highest BCUT2D eigenvalue weighted by molar-refractivity contribution is 5.75. The number of hydrogen-bond acceptors (Lipinski definition) is 3. The Balaban J connectivity index is 2.26. The van der Waals surface area contributed by atoms with Crippen LogP contribution in [0.3, 0.4) is 0 Å². The smallest absolute Gasteiger partial charge is 0.317 e. The molecule has 1 fully saturated rings. The number of carbonyl (C=O) groups is 2. The first-order valence-electron chi connectivity index (χ1n) is 6.91. The summed E-state index contributed by atoms with van der Waals surface area (Å²) in [6, 6.07) is -0.200. The molecule has 1 aliphatic rings. The van der Waals surface area contributed by atoms with Crippen LogP contribution in [0.2, 0.25) is 0 Å². The quantitative estimate of drug-likeness (QED) is 0.732. The van der Waals surface area contributed by atoms with Crippen LogP contribution in [0.1, 0.15) is 33.1 Å². The summed E-state index contributed by atoms with van der Waals surface area (Å²) < 4.78 is 5.47. The minimum atomic E-state index is -0.884. The minimum Gasteiger partial charge on any atom is -0.481 e. The Bertz CT molecular complexity index is 303. The first-order valence-corrected chi connectivity index (χ1v) is 6.91. The number of aliphatic carboxylic acids is 1. The number of carboxylic acid groups (broad SMARTS) is 1. The zero-order valence-corrected chi connectivity index (χ0v) is 11.7. The lowest BCUT2D eigenvalue weighted by atomic mass is 10.1. The number of amides is 2. The van der Waals surface area contributed by atoms with Gasteiger partial charge in [-0.15, -0.1) is 0 Å². The van der Waals surface area contributed by atoms with Crippen LogP contribution < -0.4 is 5.32 Å². The molecule has 0 aromatic rings. The predicted molar refractivity (Wildman–Crippen MR) is 71.0 cm³/mol. The third-order valence-corrected chi connectivity index (χ3v) is 3.35. The molecular weight excluding hydrogens is 248 g/mol. The highest BCUT2D eigenvalue weighted by atomic mass is 16.5. The van der Waals surface area contributed by atoms with Crippen molar-refractivity contribution < 1.29 is 19.4 Å². The van der Waals surface area contributed by atoms with Gasteiger partial charge in [0.1, 0.15) is 0 Å². The molecule has 0 spiro atoms. The summed E-state index contributed by atoms with van der Waals surface area (Å²) in [7, 11) is 0. The molecule has 0 radical (unpaired) electrons. The molecule has 2 amide bonds. The van der Waals surface area contributed by atoms with E-state index in [1.165, 1.54) is 4.90 Å². The van der Waals surface area contributed by atoms with Gasteiger partial charge in [-0.25, -0.2) is 4.79 Å². The molecule has 1 heterocycles. The maximum absolute atomic E-state index is 11.9. The van der Waals surface area contributed by atoms with E-state index in [0.717, 1.165) is 25.9 Å². The average molecular weight is 272 g/mol. The van der Waals surface area contributed by atoms with Crippen LogP contribution in [0.25, 0.3) is 0 Å². The lowest BCUT2D eigenvalue weighted by Gasteiger charge is -2.23. The van der Waals surface area contributed by atoms with Crippen molar-refractivity contribution in [1.82, 2.24) is 10.2 Å². The molecule has 19 heavy (non-hydrogen) atoms. The first kappa shape index (κ1) is 15.8. The molecule has 1 saturated heterocycles. The monoisotopic (exact) mass is 272 g/mol. The van der Waals surface area contributed by atoms with Gasteiger partial charge in [-0.05, 0) is 26.2 Å². The van der Waals surface area contributed by atoms with Gasteiger partial charge in [-0.1, -0.05) is 6.92 Å². The van der Waals surface area contributed by atoms with E-state index >= 15 is 0 Å². The van der Waals surface area contributed by atoms with Gasteiger partial charge in [0, 0.05) is 26.2 Å². The molecule has 2 N–H and O–H groups in total. The fourth-order valence-electron chi connectivity index (χ4n) is 2.09. The fourth-order valence-corrected chi connectivity index (χ4v) is 2.09. The zero-order valence-electron chi connectivity index (χ0n) is 11.7. The Morgan fingerprint density at radius 1 is 1.53 bits per heavy atom. The Morgan fingerprint density at radius 3 is 2.79 bits per heavy atom. The van der Waals surface area contributed by atoms with Crippen LogP contribution in [-0.2, 0) is 9.53 Å². The molecule has 110 valence electrons. The summed E-state index contributed by atoms with van der Waals surface area (Å²) in [4.78, 5) is 24.2. The van der Waals surface area contributed by atoms with Crippen molar-refractivity contribution in [3.05, 3.63) is 0 Å². The minimum absolute atomic E-state index is 0.200. The van der Waals surface area contributed by atoms with Crippen molar-refractivity contribution in [2.45, 2.75) is 39.2 Å². The summed E-state index contributed by atoms with van der Waals surface area (Å²) >= 11 is 0. The molecule has 0 aliphatic carbocycles. The molecule has 0 aromatic heterocycles. The molecule has 0 bridgehead atoms. The number of carboxylic acids is 1. The van der Waals surface area contributed by atoms with Gasteiger partial charge < -0.3 is 20.1 Å². The SMILES string of the molecule is CCN(CC(C)C(=O)O)C(=O)NCCC1CCCO1. The number of hydrogen-bond donors (Lipinski definition) is 2. The van der Waals surface area contributed by atoms with Gasteiger partial charge in [0.15, 0.2) is 0 Å². The molecule has 2 unspecified atom stereocenters. The van der Waals surface area contributed by atoms with E-state index in [4.69, 9.17) is 9.84 Å². The summed E-state index contributed by atoms with van der Waals surface area (Å²) in [5.74, 6) is -1.44. The Morgan fingerprint density at radius 2 is 2.26 bits per heavy atom. The van der Waals surface area contributed by atoms with Crippen LogP contribution in [0.15, 0.2) is 0 Å². The maximum Gasteiger partial charge on any atom is 0.317 e. The highest BCUT2D eigenvalue weighted by Crippen LogP contribution is 2.14. The van der Waals surface area contributed by atoms with E-state index in [9.17, 15) is 9.59 Å². The second-order valence-electron chi connectivity index (χ2n) is 4.93. The number of ether oxygens (including phenoxy) is 1. The number of carbonyl (C=O) groups excluding carboxylic acids is 1. The first-order chi connectivity index (χ1) is 9.04. The third-order valence-electron chi connectivity index (χ3n) is 3.35. The van der Waals surface area contributed by atoms with Crippen molar-refractivity contribution in [1.29, 1.82) is 0 Å². The molecule has 1 aliphatic heterocycles. The van der Waals surface area contributed by atoms with Crippen molar-refractivity contribution in [2.24, 2.45) is 5.92 Å². The van der Waals surface area contributed by atoms with Gasteiger partial charge in [-0.3, -0.25) is 4.79 Å². The van der Waals surface area contributed by atoms with Gasteiger partial charge in [0.05, 0.1) is 12.0 Å². The van der Waals surface area contributed by atoms with Crippen LogP contribution in [0.5, 0.6) is 0 Å². The molecule has 6 nitrogen and oxygen atoms in total. The topological polar surface area (TPSA) is 78.9 Å². The van der Waals surface area contributed by atoms with E-state index < -0.39 is 11.9 Å². The molecule has 0 saturated carbocycles. The fraction of sp³-hybridized carbons (Fsp3) is 0.846. The van der Waals surface area contributed by atoms with Crippen molar-refractivity contribution in [3.63, 3.8) is 0 Å². The standard InChI is InChI=1S/C13H24N2O4/c1-3-15(9-10(2)12(16)17)13(18)14-7-6-11-5-4-8-19-11/h10-11H,3-9H2,1-2H3,(H,14,18)(H,16,17). The zero-order chi connectivity index (χ0) is 14.3. The Kier molecular flexibility index (Phi) is 6.62. The summed E-state index contributed by atoms with van der Waals surface area (Å²) in [6.45, 7) is 5.57. The van der Waals surface area contributed by atoms with E-state index in [2.05, 4.69) is 5.32 Å². The second-order valence-corrected chi connectivity index (χ2v) is 4.93. The average Bonchev–Trinajstić information content (AvgIpc) is 2.88. The summed E-state index contributed by atoms with van der Waals surface area (Å²) in [5, 5.41) is 11.7. The lowest BCUT2D eigenvalue weighted by molar-refractivity contribution is -0.141. The normalized spacial score (nSPS) is 20.0. The van der Waals surface area contributed by atoms with E-state index in [-0.39, 0.29) is 18.7 Å². The number of urea groups is 1. The van der Waals surface area contributed by atoms with Crippen molar-refractivity contribution in [3.8, 4) is 0 Å². The van der Waals surface area contributed by atoms with Gasteiger partial charge in [0.25, 0.3) is 0 Å². The maximum atomic E-state index is 11.9. The summed E-state index contributed by atoms with van der Waals surface area (Å²) in [6.07, 6.45) is 3.23. The molecule has 0 aromatic carbocycles. The van der Waals surface area contributed by atoms with Gasteiger partial charge >= 0.3 is 12.0 Å². The third kappa shape index (κ3) is 5.46. The van der Waals surface area contributed by atoms with Gasteiger partial charge in [-0.2, -0.15) is 0 Å². The second kappa shape index (κ2) is 7.99. The largest absolute Gasteiger partial charge is 0.481 e. The van der Waals surface area contributed by atoms with E-state index in [1.54, 1.807) is 6.92 Å². The lowest BCUT2D eigenvalue weighted by Crippen LogP contribution is -2.43. The summed E-state index contributed by atoms with van der Waals surface area (Å²) in [5.41, 5.74) is 0. The van der Waals surface area contributed by atoms with Gasteiger partial charge in [0.2, 0.25) is 0 Å². The van der Waals surface area contributed by atoms with Crippen LogP contribution in [0, 0.1) is 5.92 Å². The number of nitrogens with one attached hydrogen (secondary N) is 1. The molecule has 2 atom stereocenters. The number of rotatable bonds is 7. The number of nitrogens with zero attached hydrogens (tertiary/aromatic N) is 1. The van der Waals surface area contributed by atoms with Crippen molar-refractivity contribution in [2.75, 3.05) is 26.2 Å². The van der Waals surface area contributed by atoms with Crippen molar-refractivity contribution >= 4 is 12.0 Å². The predicted octanol–water partition coefficient (Wildman–Crippen LogP) is 1.31. The molecule has 6 heteroatoms. The Hall–Kier alpha value is -1.30. The molecular formula is C13H24N2O4. The highest BCUT2D eigenvalue weighted by Gasteiger charge is 2.20. The Labute approximate surface area is 114 Å². The van der Waals surface area contributed by atoms with Crippen LogP contribution in [-0.4, -0.2) is 54.4 Å². The van der Waals surface area contributed by atoms with Crippen LogP contribution >= 0.6 is 0 Å². The molecule has 1 rings (SSSR count). The van der Waals surface area contributed by atoms with E-state index in [1.807, 2.05) is 6.92 Å².